The molecule has 1 aliphatic rings. The first-order chi connectivity index (χ1) is 15.9. The van der Waals surface area contributed by atoms with E-state index in [1.807, 2.05) is 55.6 Å². The van der Waals surface area contributed by atoms with Gasteiger partial charge in [0.1, 0.15) is 0 Å². The van der Waals surface area contributed by atoms with E-state index in [-0.39, 0.29) is 24.4 Å². The van der Waals surface area contributed by atoms with E-state index in [1.54, 1.807) is 30.3 Å². The molecule has 0 bridgehead atoms. The molecule has 0 aliphatic carbocycles. The van der Waals surface area contributed by atoms with Crippen molar-refractivity contribution in [1.82, 2.24) is 10.2 Å². The summed E-state index contributed by atoms with van der Waals surface area (Å²) in [6.07, 6.45) is -1.36. The number of carbonyl (C=O) groups excluding carboxylic acids is 3. The van der Waals surface area contributed by atoms with Gasteiger partial charge in [-0.2, -0.15) is 0 Å². The summed E-state index contributed by atoms with van der Waals surface area (Å²) in [5, 5.41) is 7.60. The van der Waals surface area contributed by atoms with Crippen LogP contribution in [0.2, 0.25) is 0 Å². The Morgan fingerprint density at radius 1 is 1.06 bits per heavy atom. The normalized spacial score (nSPS) is 17.7. The number of anilines is 1. The van der Waals surface area contributed by atoms with Crippen LogP contribution in [0.4, 0.5) is 10.5 Å². The SMILES string of the molecule is CC(C)NC(=O)C1C(c2cccc(NC(=O)c3cccs3)c2)OC(=O)N1Cc1ccccc1. The maximum absolute atomic E-state index is 13.2. The van der Waals surface area contributed by atoms with E-state index < -0.39 is 18.2 Å². The van der Waals surface area contributed by atoms with Gasteiger partial charge in [0.25, 0.3) is 5.91 Å². The summed E-state index contributed by atoms with van der Waals surface area (Å²) in [4.78, 5) is 40.5. The summed E-state index contributed by atoms with van der Waals surface area (Å²) >= 11 is 1.35. The molecule has 7 nitrogen and oxygen atoms in total. The second-order valence-corrected chi connectivity index (χ2v) is 9.03. The van der Waals surface area contributed by atoms with Crippen molar-refractivity contribution in [3.63, 3.8) is 0 Å². The standard InChI is InChI=1S/C25H25N3O4S/c1-16(2)26-24(30)21-22(32-25(31)28(21)15-17-8-4-3-5-9-17)18-10-6-11-19(14-18)27-23(29)20-12-7-13-33-20/h3-14,16,21-22H,15H2,1-2H3,(H,26,30)(H,27,29). The summed E-state index contributed by atoms with van der Waals surface area (Å²) < 4.78 is 5.70. The van der Waals surface area contributed by atoms with Crippen LogP contribution in [0.25, 0.3) is 0 Å². The van der Waals surface area contributed by atoms with Gasteiger partial charge in [0.05, 0.1) is 11.4 Å². The van der Waals surface area contributed by atoms with Gasteiger partial charge in [-0.05, 0) is 48.6 Å². The van der Waals surface area contributed by atoms with E-state index in [0.717, 1.165) is 5.56 Å². The molecule has 2 heterocycles. The minimum atomic E-state index is -0.844. The molecule has 0 radical (unpaired) electrons. The third-order valence-electron chi connectivity index (χ3n) is 5.20. The van der Waals surface area contributed by atoms with E-state index in [2.05, 4.69) is 10.6 Å². The van der Waals surface area contributed by atoms with Crippen molar-refractivity contribution in [2.45, 2.75) is 38.6 Å². The Morgan fingerprint density at radius 2 is 1.85 bits per heavy atom. The maximum Gasteiger partial charge on any atom is 0.411 e. The topological polar surface area (TPSA) is 87.7 Å². The number of rotatable bonds is 7. The number of thiophene rings is 1. The Morgan fingerprint density at radius 3 is 2.55 bits per heavy atom. The van der Waals surface area contributed by atoms with Gasteiger partial charge >= 0.3 is 6.09 Å². The molecular formula is C25H25N3O4S. The number of hydrogen-bond acceptors (Lipinski definition) is 5. The zero-order chi connectivity index (χ0) is 23.4. The molecule has 1 aliphatic heterocycles. The van der Waals surface area contributed by atoms with Gasteiger partial charge in [-0.3, -0.25) is 14.5 Å². The highest BCUT2D eigenvalue weighted by atomic mass is 32.1. The molecule has 170 valence electrons. The molecule has 2 atom stereocenters. The highest BCUT2D eigenvalue weighted by Crippen LogP contribution is 2.35. The molecule has 3 aromatic rings. The van der Waals surface area contributed by atoms with Crippen molar-refractivity contribution in [3.05, 3.63) is 88.1 Å². The predicted molar refractivity (Wildman–Crippen MR) is 127 cm³/mol. The van der Waals surface area contributed by atoms with Crippen molar-refractivity contribution in [2.75, 3.05) is 5.32 Å². The summed E-state index contributed by atoms with van der Waals surface area (Å²) in [5.41, 5.74) is 2.09. The highest BCUT2D eigenvalue weighted by molar-refractivity contribution is 7.12. The average molecular weight is 464 g/mol. The average Bonchev–Trinajstić information content (AvgIpc) is 3.43. The monoisotopic (exact) mass is 463 g/mol. The lowest BCUT2D eigenvalue weighted by Gasteiger charge is -2.25. The fourth-order valence-corrected chi connectivity index (χ4v) is 4.37. The first-order valence-electron chi connectivity index (χ1n) is 10.7. The molecule has 1 saturated heterocycles. The molecule has 1 fully saturated rings. The Hall–Kier alpha value is -3.65. The minimum Gasteiger partial charge on any atom is -0.438 e. The summed E-state index contributed by atoms with van der Waals surface area (Å²) in [6.45, 7) is 3.99. The van der Waals surface area contributed by atoms with Crippen molar-refractivity contribution in [2.24, 2.45) is 0 Å². The van der Waals surface area contributed by atoms with Crippen molar-refractivity contribution in [3.8, 4) is 0 Å². The van der Waals surface area contributed by atoms with Crippen molar-refractivity contribution >= 4 is 34.9 Å². The van der Waals surface area contributed by atoms with Crippen LogP contribution in [0.3, 0.4) is 0 Å². The van der Waals surface area contributed by atoms with Gasteiger partial charge in [-0.15, -0.1) is 11.3 Å². The Labute approximate surface area is 196 Å². The van der Waals surface area contributed by atoms with Gasteiger partial charge in [-0.25, -0.2) is 4.79 Å². The largest absolute Gasteiger partial charge is 0.438 e. The molecule has 0 saturated carbocycles. The number of cyclic esters (lactones) is 1. The third-order valence-corrected chi connectivity index (χ3v) is 6.07. The first-order valence-corrected chi connectivity index (χ1v) is 11.6. The number of nitrogens with one attached hydrogen (secondary N) is 2. The van der Waals surface area contributed by atoms with E-state index in [1.165, 1.54) is 16.2 Å². The molecular weight excluding hydrogens is 438 g/mol. The molecule has 1 aromatic heterocycles. The molecule has 8 heteroatoms. The van der Waals surface area contributed by atoms with Gasteiger partial charge in [0, 0.05) is 11.7 Å². The predicted octanol–water partition coefficient (Wildman–Crippen LogP) is 4.59. The zero-order valence-electron chi connectivity index (χ0n) is 18.4. The van der Waals surface area contributed by atoms with E-state index >= 15 is 0 Å². The van der Waals surface area contributed by atoms with Crippen molar-refractivity contribution < 1.29 is 19.1 Å². The van der Waals surface area contributed by atoms with Crippen LogP contribution in [-0.2, 0) is 16.1 Å². The summed E-state index contributed by atoms with van der Waals surface area (Å²) in [5.74, 6) is -0.504. The van der Waals surface area contributed by atoms with Crippen LogP contribution in [0, 0.1) is 0 Å². The number of carbonyl (C=O) groups is 3. The molecule has 3 amide bonds. The molecule has 2 unspecified atom stereocenters. The lowest BCUT2D eigenvalue weighted by Crippen LogP contribution is -2.48. The number of amides is 3. The molecule has 2 aromatic carbocycles. The molecule has 4 rings (SSSR count). The van der Waals surface area contributed by atoms with Crippen LogP contribution in [0.1, 0.15) is 40.8 Å². The van der Waals surface area contributed by atoms with Gasteiger partial charge < -0.3 is 15.4 Å². The van der Waals surface area contributed by atoms with Crippen LogP contribution in [-0.4, -0.2) is 34.9 Å². The summed E-state index contributed by atoms with van der Waals surface area (Å²) in [7, 11) is 0. The van der Waals surface area contributed by atoms with Gasteiger partial charge in [0.2, 0.25) is 5.91 Å². The second kappa shape index (κ2) is 9.87. The number of benzene rings is 2. The van der Waals surface area contributed by atoms with E-state index in [9.17, 15) is 14.4 Å². The lowest BCUT2D eigenvalue weighted by atomic mass is 10.00. The second-order valence-electron chi connectivity index (χ2n) is 8.08. The lowest BCUT2D eigenvalue weighted by molar-refractivity contribution is -0.126. The van der Waals surface area contributed by atoms with Gasteiger partial charge in [-0.1, -0.05) is 48.5 Å². The smallest absolute Gasteiger partial charge is 0.411 e. The molecule has 2 N–H and O–H groups in total. The first kappa shape index (κ1) is 22.5. The van der Waals surface area contributed by atoms with Crippen LogP contribution < -0.4 is 10.6 Å². The highest BCUT2D eigenvalue weighted by Gasteiger charge is 2.47. The van der Waals surface area contributed by atoms with Crippen molar-refractivity contribution in [1.29, 1.82) is 0 Å². The summed E-state index contributed by atoms with van der Waals surface area (Å²) in [6, 6.07) is 19.2. The van der Waals surface area contributed by atoms with Crippen LogP contribution in [0.5, 0.6) is 0 Å². The quantitative estimate of drug-likeness (QED) is 0.537. The number of ether oxygens (including phenoxy) is 1. The van der Waals surface area contributed by atoms with E-state index in [0.29, 0.717) is 16.1 Å². The molecule has 33 heavy (non-hydrogen) atoms. The molecule has 0 spiro atoms. The van der Waals surface area contributed by atoms with Crippen LogP contribution in [0.15, 0.2) is 72.1 Å². The zero-order valence-corrected chi connectivity index (χ0v) is 19.2. The number of hydrogen-bond donors (Lipinski definition) is 2. The maximum atomic E-state index is 13.2. The van der Waals surface area contributed by atoms with Crippen LogP contribution >= 0.6 is 11.3 Å². The van der Waals surface area contributed by atoms with Gasteiger partial charge in [0.15, 0.2) is 12.1 Å². The Kier molecular flexibility index (Phi) is 6.74. The number of nitrogens with zero attached hydrogens (tertiary/aromatic N) is 1. The fraction of sp³-hybridized carbons (Fsp3) is 0.240. The Balaban J connectivity index is 1.61. The third kappa shape index (κ3) is 5.23. The Bertz CT molecular complexity index is 1130. The minimum absolute atomic E-state index is 0.0937. The van der Waals surface area contributed by atoms with E-state index in [4.69, 9.17) is 4.74 Å². The fourth-order valence-electron chi connectivity index (χ4n) is 3.75.